The van der Waals surface area contributed by atoms with Crippen LogP contribution in [0.1, 0.15) is 59.7 Å². The third-order valence-electron chi connectivity index (χ3n) is 4.92. The van der Waals surface area contributed by atoms with Crippen LogP contribution in [0.3, 0.4) is 0 Å². The van der Waals surface area contributed by atoms with Crippen molar-refractivity contribution in [1.29, 1.82) is 0 Å². The van der Waals surface area contributed by atoms with Gasteiger partial charge in [-0.05, 0) is 24.5 Å². The number of ether oxygens (including phenoxy) is 1. The number of para-hydroxylation sites is 1. The Labute approximate surface area is 168 Å². The number of benzene rings is 1. The molecular formula is C20H24N6O3. The summed E-state index contributed by atoms with van der Waals surface area (Å²) in [5.41, 5.74) is 2.09. The van der Waals surface area contributed by atoms with Crippen LogP contribution in [0.15, 0.2) is 28.7 Å². The number of rotatable bonds is 4. The molecule has 0 radical (unpaired) electrons. The molecule has 2 aromatic heterocycles. The molecule has 0 N–H and O–H groups in total. The molecule has 4 rings (SSSR count). The van der Waals surface area contributed by atoms with Gasteiger partial charge in [0.15, 0.2) is 6.10 Å². The molecule has 3 aromatic rings. The molecule has 0 bridgehead atoms. The van der Waals surface area contributed by atoms with Crippen LogP contribution in [0.25, 0.3) is 5.69 Å². The molecule has 1 aliphatic rings. The Morgan fingerprint density at radius 2 is 2.00 bits per heavy atom. The van der Waals surface area contributed by atoms with Crippen LogP contribution >= 0.6 is 0 Å². The first kappa shape index (κ1) is 19.3. The molecule has 1 fully saturated rings. The average Bonchev–Trinajstić information content (AvgIpc) is 3.33. The van der Waals surface area contributed by atoms with Crippen LogP contribution in [-0.2, 0) is 4.74 Å². The molecule has 1 aliphatic heterocycles. The lowest BCUT2D eigenvalue weighted by atomic mass is 10.0. The lowest BCUT2D eigenvalue weighted by Gasteiger charge is -2.30. The van der Waals surface area contributed by atoms with Gasteiger partial charge in [-0.1, -0.05) is 32.0 Å². The highest BCUT2D eigenvalue weighted by Gasteiger charge is 2.31. The molecule has 152 valence electrons. The Morgan fingerprint density at radius 3 is 2.72 bits per heavy atom. The monoisotopic (exact) mass is 396 g/mol. The quantitative estimate of drug-likeness (QED) is 0.668. The van der Waals surface area contributed by atoms with Gasteiger partial charge in [-0.3, -0.25) is 4.79 Å². The number of hydrogen-bond donors (Lipinski definition) is 0. The van der Waals surface area contributed by atoms with E-state index >= 15 is 0 Å². The number of amides is 1. The first-order valence-electron chi connectivity index (χ1n) is 9.68. The van der Waals surface area contributed by atoms with E-state index in [0.717, 1.165) is 11.3 Å². The summed E-state index contributed by atoms with van der Waals surface area (Å²) in [4.78, 5) is 19.2. The van der Waals surface area contributed by atoms with Crippen LogP contribution < -0.4 is 0 Å². The van der Waals surface area contributed by atoms with Gasteiger partial charge in [-0.2, -0.15) is 0 Å². The van der Waals surface area contributed by atoms with Crippen LogP contribution in [0, 0.1) is 13.8 Å². The summed E-state index contributed by atoms with van der Waals surface area (Å²) in [6.45, 7) is 8.98. The van der Waals surface area contributed by atoms with E-state index < -0.39 is 6.10 Å². The van der Waals surface area contributed by atoms with Gasteiger partial charge in [0.1, 0.15) is 5.82 Å². The van der Waals surface area contributed by atoms with E-state index in [4.69, 9.17) is 9.15 Å². The van der Waals surface area contributed by atoms with Crippen molar-refractivity contribution in [2.24, 2.45) is 0 Å². The van der Waals surface area contributed by atoms with Gasteiger partial charge in [-0.25, -0.2) is 9.67 Å². The summed E-state index contributed by atoms with van der Waals surface area (Å²) in [5, 5.41) is 12.4. The molecule has 3 heterocycles. The second-order valence-corrected chi connectivity index (χ2v) is 7.38. The molecule has 9 nitrogen and oxygen atoms in total. The van der Waals surface area contributed by atoms with Gasteiger partial charge < -0.3 is 14.1 Å². The maximum atomic E-state index is 13.1. The number of nitrogens with zero attached hydrogens (tertiary/aromatic N) is 6. The molecule has 0 spiro atoms. The zero-order valence-corrected chi connectivity index (χ0v) is 17.0. The van der Waals surface area contributed by atoms with Crippen molar-refractivity contribution in [3.63, 3.8) is 0 Å². The predicted octanol–water partition coefficient (Wildman–Crippen LogP) is 2.60. The second kappa shape index (κ2) is 7.75. The fourth-order valence-electron chi connectivity index (χ4n) is 3.44. The summed E-state index contributed by atoms with van der Waals surface area (Å²) in [7, 11) is 0. The summed E-state index contributed by atoms with van der Waals surface area (Å²) >= 11 is 0. The molecule has 9 heteroatoms. The zero-order valence-electron chi connectivity index (χ0n) is 17.0. The molecule has 0 saturated carbocycles. The van der Waals surface area contributed by atoms with Crippen LogP contribution in [0.5, 0.6) is 0 Å². The molecule has 1 unspecified atom stereocenters. The number of aryl methyl sites for hydroxylation is 2. The SMILES string of the molecule is Cc1nnc(C2CN(C(=O)c3nc(C)n(-c4ccccc4C(C)C)n3)CCO2)o1. The van der Waals surface area contributed by atoms with Crippen molar-refractivity contribution in [3.8, 4) is 5.69 Å². The Morgan fingerprint density at radius 1 is 1.21 bits per heavy atom. The van der Waals surface area contributed by atoms with E-state index in [2.05, 4.69) is 40.2 Å². The minimum atomic E-state index is -0.446. The summed E-state index contributed by atoms with van der Waals surface area (Å²) in [6, 6.07) is 8.03. The molecular weight excluding hydrogens is 372 g/mol. The van der Waals surface area contributed by atoms with Crippen molar-refractivity contribution in [2.75, 3.05) is 19.7 Å². The maximum absolute atomic E-state index is 13.1. The largest absolute Gasteiger partial charge is 0.423 e. The smallest absolute Gasteiger partial charge is 0.293 e. The fraction of sp³-hybridized carbons (Fsp3) is 0.450. The maximum Gasteiger partial charge on any atom is 0.293 e. The van der Waals surface area contributed by atoms with Crippen molar-refractivity contribution in [3.05, 3.63) is 53.3 Å². The summed E-state index contributed by atoms with van der Waals surface area (Å²) < 4.78 is 12.9. The van der Waals surface area contributed by atoms with E-state index in [0.29, 0.717) is 43.2 Å². The zero-order chi connectivity index (χ0) is 20.5. The number of aromatic nitrogens is 5. The van der Waals surface area contributed by atoms with E-state index in [1.807, 2.05) is 25.1 Å². The third kappa shape index (κ3) is 3.77. The van der Waals surface area contributed by atoms with Crippen molar-refractivity contribution in [2.45, 2.75) is 39.7 Å². The lowest BCUT2D eigenvalue weighted by molar-refractivity contribution is -0.0352. The molecule has 0 aliphatic carbocycles. The highest BCUT2D eigenvalue weighted by atomic mass is 16.5. The van der Waals surface area contributed by atoms with Crippen molar-refractivity contribution < 1.29 is 13.9 Å². The van der Waals surface area contributed by atoms with Gasteiger partial charge in [0.05, 0.1) is 18.8 Å². The summed E-state index contributed by atoms with van der Waals surface area (Å²) in [6.07, 6.45) is -0.446. The minimum Gasteiger partial charge on any atom is -0.423 e. The molecule has 29 heavy (non-hydrogen) atoms. The Kier molecular flexibility index (Phi) is 5.14. The average molecular weight is 396 g/mol. The number of carbonyl (C=O) groups is 1. The van der Waals surface area contributed by atoms with Crippen molar-refractivity contribution >= 4 is 5.91 Å². The molecule has 1 saturated heterocycles. The predicted molar refractivity (Wildman–Crippen MR) is 104 cm³/mol. The lowest BCUT2D eigenvalue weighted by Crippen LogP contribution is -2.42. The van der Waals surface area contributed by atoms with Gasteiger partial charge in [0.25, 0.3) is 5.91 Å². The first-order chi connectivity index (χ1) is 13.9. The third-order valence-corrected chi connectivity index (χ3v) is 4.92. The number of morpholine rings is 1. The van der Waals surface area contributed by atoms with E-state index in [1.54, 1.807) is 16.5 Å². The highest BCUT2D eigenvalue weighted by Crippen LogP contribution is 2.24. The Balaban J connectivity index is 1.58. The van der Waals surface area contributed by atoms with Crippen molar-refractivity contribution in [1.82, 2.24) is 29.9 Å². The normalized spacial score (nSPS) is 17.1. The molecule has 1 aromatic carbocycles. The van der Waals surface area contributed by atoms with Gasteiger partial charge in [-0.15, -0.1) is 15.3 Å². The van der Waals surface area contributed by atoms with E-state index in [1.165, 1.54) is 0 Å². The minimum absolute atomic E-state index is 0.170. The van der Waals surface area contributed by atoms with Gasteiger partial charge in [0, 0.05) is 13.5 Å². The van der Waals surface area contributed by atoms with E-state index in [9.17, 15) is 4.79 Å². The van der Waals surface area contributed by atoms with Gasteiger partial charge in [0.2, 0.25) is 17.6 Å². The van der Waals surface area contributed by atoms with Gasteiger partial charge >= 0.3 is 0 Å². The van der Waals surface area contributed by atoms with Crippen LogP contribution in [0.2, 0.25) is 0 Å². The molecule has 1 amide bonds. The Hall–Kier alpha value is -3.07. The first-order valence-corrected chi connectivity index (χ1v) is 9.68. The van der Waals surface area contributed by atoms with Crippen LogP contribution in [0.4, 0.5) is 0 Å². The fourth-order valence-corrected chi connectivity index (χ4v) is 3.44. The summed E-state index contributed by atoms with van der Waals surface area (Å²) in [5.74, 6) is 1.76. The highest BCUT2D eigenvalue weighted by molar-refractivity contribution is 5.90. The second-order valence-electron chi connectivity index (χ2n) is 7.38. The topological polar surface area (TPSA) is 99.2 Å². The Bertz CT molecular complexity index is 1020. The number of carbonyl (C=O) groups excluding carboxylic acids is 1. The van der Waals surface area contributed by atoms with E-state index in [-0.39, 0.29) is 11.7 Å². The standard InChI is InChI=1S/C20H24N6O3/c1-12(2)15-7-5-6-8-16(15)26-13(3)21-18(24-26)20(27)25-9-10-28-17(11-25)19-23-22-14(4)29-19/h5-8,12,17H,9-11H2,1-4H3. The molecule has 1 atom stereocenters. The van der Waals surface area contributed by atoms with Crippen LogP contribution in [-0.4, -0.2) is 55.5 Å². The number of hydrogen-bond acceptors (Lipinski definition) is 7.